The van der Waals surface area contributed by atoms with Crippen LogP contribution in [0.4, 0.5) is 0 Å². The minimum atomic E-state index is -0.198. The van der Waals surface area contributed by atoms with Crippen LogP contribution in [0.25, 0.3) is 0 Å². The summed E-state index contributed by atoms with van der Waals surface area (Å²) in [6.45, 7) is 2.48. The topological polar surface area (TPSA) is 58.2 Å². The third-order valence-electron chi connectivity index (χ3n) is 3.32. The number of carbonyl (C=O) groups excluding carboxylic acids is 2. The molecule has 1 heterocycles. The second-order valence-corrected chi connectivity index (χ2v) is 7.36. The van der Waals surface area contributed by atoms with Gasteiger partial charge in [0.1, 0.15) is 0 Å². The van der Waals surface area contributed by atoms with Crippen LogP contribution in [-0.2, 0) is 10.5 Å². The summed E-state index contributed by atoms with van der Waals surface area (Å²) in [5.41, 5.74) is 1.93. The predicted octanol–water partition coefficient (Wildman–Crippen LogP) is 3.31. The molecule has 0 bridgehead atoms. The van der Waals surface area contributed by atoms with Gasteiger partial charge in [-0.1, -0.05) is 18.2 Å². The zero-order valence-electron chi connectivity index (χ0n) is 13.7. The van der Waals surface area contributed by atoms with Gasteiger partial charge >= 0.3 is 0 Å². The molecule has 2 amide bonds. The second-order valence-electron chi connectivity index (χ2n) is 5.48. The highest BCUT2D eigenvalue weighted by atomic mass is 32.2. The number of thiophene rings is 1. The quantitative estimate of drug-likeness (QED) is 0.673. The van der Waals surface area contributed by atoms with Gasteiger partial charge in [-0.05, 0) is 41.4 Å². The summed E-state index contributed by atoms with van der Waals surface area (Å²) in [6.07, 6.45) is 0.285. The molecule has 0 saturated carbocycles. The third-order valence-corrected chi connectivity index (χ3v) is 5.08. The Morgan fingerprint density at radius 3 is 2.71 bits per heavy atom. The first kappa shape index (κ1) is 18.5. The second kappa shape index (κ2) is 10.2. The van der Waals surface area contributed by atoms with Gasteiger partial charge in [0.2, 0.25) is 5.91 Å². The number of carbonyl (C=O) groups is 2. The third kappa shape index (κ3) is 6.76. The molecule has 0 aliphatic carbocycles. The van der Waals surface area contributed by atoms with E-state index < -0.39 is 0 Å². The molecule has 1 atom stereocenters. The predicted molar refractivity (Wildman–Crippen MR) is 101 cm³/mol. The van der Waals surface area contributed by atoms with Crippen molar-refractivity contribution in [3.8, 4) is 0 Å². The summed E-state index contributed by atoms with van der Waals surface area (Å²) >= 11 is 3.50. The fourth-order valence-corrected chi connectivity index (χ4v) is 3.71. The first-order valence-electron chi connectivity index (χ1n) is 7.86. The normalized spacial score (nSPS) is 11.7. The molecule has 24 heavy (non-hydrogen) atoms. The van der Waals surface area contributed by atoms with Crippen LogP contribution in [0.5, 0.6) is 0 Å². The highest BCUT2D eigenvalue weighted by Crippen LogP contribution is 2.14. The van der Waals surface area contributed by atoms with Gasteiger partial charge in [0.25, 0.3) is 5.91 Å². The van der Waals surface area contributed by atoms with E-state index in [1.807, 2.05) is 25.1 Å². The lowest BCUT2D eigenvalue weighted by molar-refractivity contribution is -0.121. The Morgan fingerprint density at radius 1 is 1.21 bits per heavy atom. The Labute approximate surface area is 151 Å². The zero-order valence-corrected chi connectivity index (χ0v) is 15.3. The Balaban J connectivity index is 1.58. The Hall–Kier alpha value is -1.79. The van der Waals surface area contributed by atoms with Gasteiger partial charge in [0, 0.05) is 36.1 Å². The summed E-state index contributed by atoms with van der Waals surface area (Å²) in [5, 5.41) is 9.96. The van der Waals surface area contributed by atoms with Crippen LogP contribution in [0.1, 0.15) is 29.3 Å². The van der Waals surface area contributed by atoms with Gasteiger partial charge in [-0.15, -0.1) is 0 Å². The maximum Gasteiger partial charge on any atom is 0.251 e. The molecule has 0 aliphatic rings. The lowest BCUT2D eigenvalue weighted by atomic mass is 10.1. The number of amides is 2. The minimum absolute atomic E-state index is 0.0352. The smallest absolute Gasteiger partial charge is 0.251 e. The van der Waals surface area contributed by atoms with Crippen LogP contribution in [0.2, 0.25) is 0 Å². The van der Waals surface area contributed by atoms with Crippen molar-refractivity contribution < 1.29 is 9.59 Å². The number of hydrogen-bond acceptors (Lipinski definition) is 4. The Morgan fingerprint density at radius 2 is 2.00 bits per heavy atom. The molecular weight excluding hydrogens is 340 g/mol. The molecule has 1 aromatic carbocycles. The summed E-state index contributed by atoms with van der Waals surface area (Å²) in [5.74, 6) is 1.67. The molecule has 0 spiro atoms. The molecular formula is C18H22N2O2S2. The van der Waals surface area contributed by atoms with E-state index in [1.54, 1.807) is 35.2 Å². The SMILES string of the molecule is CC(CC(=O)NCCSCc1ccsc1)NC(=O)c1ccccc1. The highest BCUT2D eigenvalue weighted by Gasteiger charge is 2.12. The van der Waals surface area contributed by atoms with Gasteiger partial charge in [0.05, 0.1) is 0 Å². The van der Waals surface area contributed by atoms with Crippen LogP contribution >= 0.6 is 23.1 Å². The van der Waals surface area contributed by atoms with Crippen LogP contribution in [0, 0.1) is 0 Å². The molecule has 6 heteroatoms. The van der Waals surface area contributed by atoms with E-state index in [4.69, 9.17) is 0 Å². The maximum absolute atomic E-state index is 12.0. The number of thioether (sulfide) groups is 1. The van der Waals surface area contributed by atoms with Crippen molar-refractivity contribution in [3.63, 3.8) is 0 Å². The molecule has 2 aromatic rings. The molecule has 4 nitrogen and oxygen atoms in total. The molecule has 1 unspecified atom stereocenters. The van der Waals surface area contributed by atoms with E-state index in [0.29, 0.717) is 12.1 Å². The first-order chi connectivity index (χ1) is 11.6. The molecule has 2 rings (SSSR count). The van der Waals surface area contributed by atoms with Gasteiger partial charge in [0.15, 0.2) is 0 Å². The van der Waals surface area contributed by atoms with E-state index in [9.17, 15) is 9.59 Å². The average Bonchev–Trinajstić information content (AvgIpc) is 3.08. The average molecular weight is 363 g/mol. The van der Waals surface area contributed by atoms with Gasteiger partial charge in [-0.2, -0.15) is 23.1 Å². The maximum atomic E-state index is 12.0. The molecule has 1 aromatic heterocycles. The molecule has 2 N–H and O–H groups in total. The van der Waals surface area contributed by atoms with Crippen molar-refractivity contribution >= 4 is 34.9 Å². The summed E-state index contributed by atoms with van der Waals surface area (Å²) in [7, 11) is 0. The fraction of sp³-hybridized carbons (Fsp3) is 0.333. The van der Waals surface area contributed by atoms with Crippen LogP contribution in [0.3, 0.4) is 0 Å². The molecule has 128 valence electrons. The largest absolute Gasteiger partial charge is 0.355 e. The van der Waals surface area contributed by atoms with Crippen molar-refractivity contribution in [1.29, 1.82) is 0 Å². The van der Waals surface area contributed by atoms with E-state index >= 15 is 0 Å². The summed E-state index contributed by atoms with van der Waals surface area (Å²) in [4.78, 5) is 23.9. The van der Waals surface area contributed by atoms with Gasteiger partial charge < -0.3 is 10.6 Å². The summed E-state index contributed by atoms with van der Waals surface area (Å²) in [6, 6.07) is 10.9. The number of benzene rings is 1. The number of hydrogen-bond donors (Lipinski definition) is 2. The van der Waals surface area contributed by atoms with Crippen molar-refractivity contribution in [2.24, 2.45) is 0 Å². The van der Waals surface area contributed by atoms with Gasteiger partial charge in [-0.25, -0.2) is 0 Å². The summed E-state index contributed by atoms with van der Waals surface area (Å²) < 4.78 is 0. The van der Waals surface area contributed by atoms with Crippen LogP contribution in [0.15, 0.2) is 47.2 Å². The molecule has 0 saturated heterocycles. The van der Waals surface area contributed by atoms with Crippen molar-refractivity contribution in [2.45, 2.75) is 25.1 Å². The van der Waals surface area contributed by atoms with E-state index in [2.05, 4.69) is 27.5 Å². The number of nitrogens with one attached hydrogen (secondary N) is 2. The lowest BCUT2D eigenvalue weighted by Crippen LogP contribution is -2.37. The molecule has 0 aliphatic heterocycles. The Bertz CT molecular complexity index is 630. The van der Waals surface area contributed by atoms with E-state index in [0.717, 1.165) is 11.5 Å². The van der Waals surface area contributed by atoms with Crippen LogP contribution in [-0.4, -0.2) is 30.2 Å². The van der Waals surface area contributed by atoms with Crippen molar-refractivity contribution in [2.75, 3.05) is 12.3 Å². The monoisotopic (exact) mass is 362 g/mol. The number of rotatable bonds is 9. The van der Waals surface area contributed by atoms with Gasteiger partial charge in [-0.3, -0.25) is 9.59 Å². The van der Waals surface area contributed by atoms with Crippen molar-refractivity contribution in [1.82, 2.24) is 10.6 Å². The standard InChI is InChI=1S/C18H22N2O2S2/c1-14(20-18(22)16-5-3-2-4-6-16)11-17(21)19-8-10-24-13-15-7-9-23-12-15/h2-7,9,12,14H,8,10-11,13H2,1H3,(H,19,21)(H,20,22). The first-order valence-corrected chi connectivity index (χ1v) is 9.96. The zero-order chi connectivity index (χ0) is 17.2. The van der Waals surface area contributed by atoms with Crippen LogP contribution < -0.4 is 10.6 Å². The molecule has 0 radical (unpaired) electrons. The fourth-order valence-electron chi connectivity index (χ4n) is 2.13. The minimum Gasteiger partial charge on any atom is -0.355 e. The van der Waals surface area contributed by atoms with E-state index in [-0.39, 0.29) is 24.3 Å². The Kier molecular flexibility index (Phi) is 7.85. The highest BCUT2D eigenvalue weighted by molar-refractivity contribution is 7.98. The van der Waals surface area contributed by atoms with E-state index in [1.165, 1.54) is 5.56 Å². The molecule has 0 fully saturated rings. The van der Waals surface area contributed by atoms with Crippen molar-refractivity contribution in [3.05, 3.63) is 58.3 Å². The lowest BCUT2D eigenvalue weighted by Gasteiger charge is -2.14.